The summed E-state index contributed by atoms with van der Waals surface area (Å²) in [6.45, 7) is 4.32. The maximum atomic E-state index is 12.6. The third kappa shape index (κ3) is 5.97. The molecule has 5 heteroatoms. The number of hydrogen-bond acceptors (Lipinski definition) is 4. The van der Waals surface area contributed by atoms with Crippen LogP contribution in [-0.2, 0) is 11.4 Å². The highest BCUT2D eigenvalue weighted by Gasteiger charge is 2.12. The largest absolute Gasteiger partial charge is 0.497 e. The lowest BCUT2D eigenvalue weighted by Crippen LogP contribution is -2.13. The molecule has 3 rings (SSSR count). The first kappa shape index (κ1) is 21.7. The molecule has 5 nitrogen and oxygen atoms in total. The number of rotatable bonds is 7. The molecule has 0 saturated carbocycles. The number of carbonyl (C=O) groups is 1. The number of ether oxygens (including phenoxy) is 2. The van der Waals surface area contributed by atoms with Crippen LogP contribution in [0.3, 0.4) is 0 Å². The van der Waals surface area contributed by atoms with Gasteiger partial charge in [-0.2, -0.15) is 5.26 Å². The normalized spacial score (nSPS) is 10.8. The van der Waals surface area contributed by atoms with Crippen molar-refractivity contribution in [1.29, 1.82) is 5.26 Å². The molecule has 0 fully saturated rings. The number of amides is 1. The average Bonchev–Trinajstić information content (AvgIpc) is 2.77. The highest BCUT2D eigenvalue weighted by atomic mass is 16.5. The van der Waals surface area contributed by atoms with Crippen molar-refractivity contribution in [2.24, 2.45) is 0 Å². The molecule has 0 aliphatic rings. The van der Waals surface area contributed by atoms with Gasteiger partial charge in [0.2, 0.25) is 0 Å². The van der Waals surface area contributed by atoms with Crippen molar-refractivity contribution in [1.82, 2.24) is 0 Å². The first-order chi connectivity index (χ1) is 15.0. The zero-order chi connectivity index (χ0) is 22.2. The minimum Gasteiger partial charge on any atom is -0.497 e. The molecule has 0 saturated heterocycles. The van der Waals surface area contributed by atoms with E-state index < -0.39 is 5.91 Å². The number of hydrogen-bond donors (Lipinski definition) is 1. The highest BCUT2D eigenvalue weighted by molar-refractivity contribution is 6.09. The van der Waals surface area contributed by atoms with Gasteiger partial charge in [-0.05, 0) is 55.3 Å². The molecule has 3 aromatic carbocycles. The third-order valence-electron chi connectivity index (χ3n) is 4.68. The molecule has 0 aromatic heterocycles. The number of carbonyl (C=O) groups excluding carboxylic acids is 1. The molecule has 0 aliphatic heterocycles. The van der Waals surface area contributed by atoms with Gasteiger partial charge in [-0.15, -0.1) is 0 Å². The molecule has 0 spiro atoms. The van der Waals surface area contributed by atoms with Crippen LogP contribution in [0.25, 0.3) is 6.08 Å². The number of methoxy groups -OCH3 is 1. The number of benzene rings is 3. The molecule has 156 valence electrons. The van der Waals surface area contributed by atoms with E-state index >= 15 is 0 Å². The second-order valence-corrected chi connectivity index (χ2v) is 7.17. The fraction of sp³-hybridized carbons (Fsp3) is 0.154. The Morgan fingerprint density at radius 2 is 1.81 bits per heavy atom. The summed E-state index contributed by atoms with van der Waals surface area (Å²) in [4.78, 5) is 12.6. The average molecular weight is 412 g/mol. The molecule has 3 aromatic rings. The van der Waals surface area contributed by atoms with Crippen LogP contribution in [0, 0.1) is 25.2 Å². The van der Waals surface area contributed by atoms with E-state index in [4.69, 9.17) is 9.47 Å². The van der Waals surface area contributed by atoms with Crippen molar-refractivity contribution < 1.29 is 14.3 Å². The maximum absolute atomic E-state index is 12.6. The van der Waals surface area contributed by atoms with Crippen LogP contribution in [-0.4, -0.2) is 13.0 Å². The van der Waals surface area contributed by atoms with Gasteiger partial charge in [0.25, 0.3) is 5.91 Å². The van der Waals surface area contributed by atoms with E-state index in [9.17, 15) is 10.1 Å². The molecular weight excluding hydrogens is 388 g/mol. The molecule has 0 bridgehead atoms. The predicted octanol–water partition coefficient (Wildman–Crippen LogP) is 5.44. The summed E-state index contributed by atoms with van der Waals surface area (Å²) in [7, 11) is 1.57. The quantitative estimate of drug-likeness (QED) is 0.414. The Kier molecular flexibility index (Phi) is 7.08. The number of nitriles is 1. The van der Waals surface area contributed by atoms with Gasteiger partial charge in [0.05, 0.1) is 7.11 Å². The minimum atomic E-state index is -0.478. The summed E-state index contributed by atoms with van der Waals surface area (Å²) < 4.78 is 11.3. The molecular formula is C26H24N2O3. The third-order valence-corrected chi connectivity index (χ3v) is 4.68. The van der Waals surface area contributed by atoms with E-state index in [1.807, 2.05) is 62.4 Å². The summed E-state index contributed by atoms with van der Waals surface area (Å²) in [5, 5.41) is 12.3. The second-order valence-electron chi connectivity index (χ2n) is 7.17. The molecule has 0 aliphatic carbocycles. The lowest BCUT2D eigenvalue weighted by molar-refractivity contribution is -0.112. The van der Waals surface area contributed by atoms with Gasteiger partial charge in [-0.1, -0.05) is 42.0 Å². The topological polar surface area (TPSA) is 71.3 Å². The SMILES string of the molecule is COc1ccc(/C=C(\C#N)C(=O)Nc2cccc(C)c2)c(OCc2ccc(C)cc2)c1. The van der Waals surface area contributed by atoms with Gasteiger partial charge in [0.15, 0.2) is 0 Å². The maximum Gasteiger partial charge on any atom is 0.266 e. The van der Waals surface area contributed by atoms with E-state index in [0.717, 1.165) is 11.1 Å². The number of nitrogens with one attached hydrogen (secondary N) is 1. The van der Waals surface area contributed by atoms with Crippen molar-refractivity contribution in [3.05, 3.63) is 94.6 Å². The summed E-state index contributed by atoms with van der Waals surface area (Å²) in [6.07, 6.45) is 1.52. The zero-order valence-electron chi connectivity index (χ0n) is 17.8. The van der Waals surface area contributed by atoms with Crippen LogP contribution in [0.15, 0.2) is 72.3 Å². The van der Waals surface area contributed by atoms with Crippen LogP contribution in [0.4, 0.5) is 5.69 Å². The zero-order valence-corrected chi connectivity index (χ0v) is 17.8. The van der Waals surface area contributed by atoms with E-state index in [-0.39, 0.29) is 5.57 Å². The molecule has 1 amide bonds. The van der Waals surface area contributed by atoms with Gasteiger partial charge < -0.3 is 14.8 Å². The monoisotopic (exact) mass is 412 g/mol. The second kappa shape index (κ2) is 10.1. The molecule has 0 heterocycles. The van der Waals surface area contributed by atoms with Crippen LogP contribution in [0.2, 0.25) is 0 Å². The summed E-state index contributed by atoms with van der Waals surface area (Å²) in [5.74, 6) is 0.670. The van der Waals surface area contributed by atoms with Crippen molar-refractivity contribution in [2.75, 3.05) is 12.4 Å². The molecule has 0 radical (unpaired) electrons. The lowest BCUT2D eigenvalue weighted by Gasteiger charge is -2.12. The van der Waals surface area contributed by atoms with Crippen LogP contribution < -0.4 is 14.8 Å². The number of anilines is 1. The van der Waals surface area contributed by atoms with Crippen molar-refractivity contribution in [2.45, 2.75) is 20.5 Å². The predicted molar refractivity (Wildman–Crippen MR) is 122 cm³/mol. The van der Waals surface area contributed by atoms with E-state index in [1.165, 1.54) is 11.6 Å². The standard InChI is InChI=1S/C26H24N2O3/c1-18-7-9-20(10-8-18)17-31-25-15-24(30-3)12-11-21(25)14-22(16-27)26(29)28-23-6-4-5-19(2)13-23/h4-15H,17H2,1-3H3,(H,28,29)/b22-14+. The molecule has 0 unspecified atom stereocenters. The van der Waals surface area contributed by atoms with Gasteiger partial charge in [0.1, 0.15) is 29.7 Å². The Morgan fingerprint density at radius 1 is 1.03 bits per heavy atom. The number of nitrogens with zero attached hydrogens (tertiary/aromatic N) is 1. The lowest BCUT2D eigenvalue weighted by atomic mass is 10.1. The first-order valence-corrected chi connectivity index (χ1v) is 9.84. The minimum absolute atomic E-state index is 0.0214. The van der Waals surface area contributed by atoms with Crippen molar-refractivity contribution in [3.63, 3.8) is 0 Å². The van der Waals surface area contributed by atoms with E-state index in [1.54, 1.807) is 31.4 Å². The van der Waals surface area contributed by atoms with Gasteiger partial charge in [-0.3, -0.25) is 4.79 Å². The fourth-order valence-electron chi connectivity index (χ4n) is 2.96. The van der Waals surface area contributed by atoms with Gasteiger partial charge in [0, 0.05) is 17.3 Å². The Bertz CT molecular complexity index is 1140. The van der Waals surface area contributed by atoms with E-state index in [0.29, 0.717) is 29.4 Å². The summed E-state index contributed by atoms with van der Waals surface area (Å²) in [5.41, 5.74) is 4.43. The Labute approximate surface area is 182 Å². The highest BCUT2D eigenvalue weighted by Crippen LogP contribution is 2.28. The Morgan fingerprint density at radius 3 is 2.48 bits per heavy atom. The van der Waals surface area contributed by atoms with Gasteiger partial charge >= 0.3 is 0 Å². The van der Waals surface area contributed by atoms with Crippen LogP contribution in [0.5, 0.6) is 11.5 Å². The van der Waals surface area contributed by atoms with Crippen LogP contribution in [0.1, 0.15) is 22.3 Å². The van der Waals surface area contributed by atoms with Gasteiger partial charge in [-0.25, -0.2) is 0 Å². The smallest absolute Gasteiger partial charge is 0.266 e. The van der Waals surface area contributed by atoms with E-state index in [2.05, 4.69) is 5.32 Å². The molecule has 1 N–H and O–H groups in total. The first-order valence-electron chi connectivity index (χ1n) is 9.84. The van der Waals surface area contributed by atoms with Crippen LogP contribution >= 0.6 is 0 Å². The van der Waals surface area contributed by atoms with Crippen molar-refractivity contribution in [3.8, 4) is 17.6 Å². The van der Waals surface area contributed by atoms with Crippen molar-refractivity contribution >= 4 is 17.7 Å². The molecule has 0 atom stereocenters. The summed E-state index contributed by atoms with van der Waals surface area (Å²) >= 11 is 0. The summed E-state index contributed by atoms with van der Waals surface area (Å²) in [6, 6.07) is 22.7. The Balaban J connectivity index is 1.85. The molecule has 31 heavy (non-hydrogen) atoms. The Hall–Kier alpha value is -4.04. The number of aryl methyl sites for hydroxylation is 2. The fourth-order valence-corrected chi connectivity index (χ4v) is 2.96.